The number of benzene rings is 2. The second-order valence-electron chi connectivity index (χ2n) is 9.77. The summed E-state index contributed by atoms with van der Waals surface area (Å²) < 4.78 is 5.86. The normalized spacial score (nSPS) is 14.4. The van der Waals surface area contributed by atoms with Gasteiger partial charge >= 0.3 is 5.97 Å². The van der Waals surface area contributed by atoms with E-state index in [1.165, 1.54) is 0 Å². The van der Waals surface area contributed by atoms with Crippen LogP contribution in [0.25, 0.3) is 0 Å². The fourth-order valence-electron chi connectivity index (χ4n) is 4.72. The number of hydrogen-bond donors (Lipinski definition) is 3. The summed E-state index contributed by atoms with van der Waals surface area (Å²) in [6, 6.07) is 16.9. The van der Waals surface area contributed by atoms with E-state index in [4.69, 9.17) is 9.94 Å². The van der Waals surface area contributed by atoms with E-state index in [0.717, 1.165) is 61.8 Å². The summed E-state index contributed by atoms with van der Waals surface area (Å²) in [7, 11) is 1.93. The molecule has 0 saturated heterocycles. The van der Waals surface area contributed by atoms with Gasteiger partial charge in [0, 0.05) is 25.1 Å². The summed E-state index contributed by atoms with van der Waals surface area (Å²) in [4.78, 5) is 38.4. The molecule has 8 nitrogen and oxygen atoms in total. The number of amides is 2. The number of anilines is 1. The van der Waals surface area contributed by atoms with Crippen LogP contribution in [0.15, 0.2) is 54.6 Å². The van der Waals surface area contributed by atoms with Crippen LogP contribution in [-0.2, 0) is 25.7 Å². The van der Waals surface area contributed by atoms with E-state index in [-0.39, 0.29) is 30.3 Å². The second kappa shape index (κ2) is 15.1. The molecule has 2 amide bonds. The summed E-state index contributed by atoms with van der Waals surface area (Å²) in [6.07, 6.45) is 7.93. The number of carbonyl (C=O) groups excluding carboxylic acids is 3. The summed E-state index contributed by atoms with van der Waals surface area (Å²) in [5, 5.41) is 11.4. The number of rotatable bonds is 14. The lowest BCUT2D eigenvalue weighted by Crippen LogP contribution is -2.33. The van der Waals surface area contributed by atoms with Crippen molar-refractivity contribution in [2.24, 2.45) is 0 Å². The van der Waals surface area contributed by atoms with Crippen LogP contribution in [0.3, 0.4) is 0 Å². The SMILES string of the molecule is CN(Cc1ccc(NC(=O)CCCCCCC(=O)NO)cc1)[C@H](C(=O)OC1CCCC1)c1ccccc1. The molecule has 37 heavy (non-hydrogen) atoms. The first-order valence-electron chi connectivity index (χ1n) is 13.2. The molecule has 8 heteroatoms. The van der Waals surface area contributed by atoms with Gasteiger partial charge in [0.15, 0.2) is 0 Å². The Kier molecular flexibility index (Phi) is 11.6. The number of carbonyl (C=O) groups is 3. The zero-order chi connectivity index (χ0) is 26.5. The van der Waals surface area contributed by atoms with Gasteiger partial charge in [0.1, 0.15) is 12.1 Å². The van der Waals surface area contributed by atoms with E-state index >= 15 is 0 Å². The highest BCUT2D eigenvalue weighted by molar-refractivity contribution is 5.90. The van der Waals surface area contributed by atoms with E-state index in [9.17, 15) is 14.4 Å². The van der Waals surface area contributed by atoms with Crippen LogP contribution in [0.5, 0.6) is 0 Å². The number of ether oxygens (including phenoxy) is 1. The molecule has 0 bridgehead atoms. The predicted octanol–water partition coefficient (Wildman–Crippen LogP) is 5.13. The molecule has 0 heterocycles. The Labute approximate surface area is 219 Å². The first-order valence-corrected chi connectivity index (χ1v) is 13.2. The first kappa shape index (κ1) is 28.3. The Morgan fingerprint density at radius 2 is 1.54 bits per heavy atom. The van der Waals surface area contributed by atoms with Gasteiger partial charge in [0.05, 0.1) is 0 Å². The van der Waals surface area contributed by atoms with Crippen molar-refractivity contribution < 1.29 is 24.3 Å². The maximum Gasteiger partial charge on any atom is 0.328 e. The molecule has 2 aromatic carbocycles. The average Bonchev–Trinajstić information content (AvgIpc) is 3.41. The molecule has 1 fully saturated rings. The van der Waals surface area contributed by atoms with Crippen molar-refractivity contribution in [3.05, 3.63) is 65.7 Å². The molecule has 0 spiro atoms. The third-order valence-electron chi connectivity index (χ3n) is 6.72. The molecule has 3 rings (SSSR count). The van der Waals surface area contributed by atoms with Crippen molar-refractivity contribution in [3.8, 4) is 0 Å². The summed E-state index contributed by atoms with van der Waals surface area (Å²) in [6.45, 7) is 0.557. The number of nitrogens with zero attached hydrogens (tertiary/aromatic N) is 1. The Morgan fingerprint density at radius 1 is 0.919 bits per heavy atom. The first-order chi connectivity index (χ1) is 18.0. The molecular weight excluding hydrogens is 470 g/mol. The van der Waals surface area contributed by atoms with Crippen LogP contribution in [0, 0.1) is 0 Å². The number of esters is 1. The summed E-state index contributed by atoms with van der Waals surface area (Å²) in [5.74, 6) is -0.634. The van der Waals surface area contributed by atoms with Crippen molar-refractivity contribution in [2.45, 2.75) is 82.9 Å². The van der Waals surface area contributed by atoms with Gasteiger partial charge in [-0.25, -0.2) is 10.3 Å². The topological polar surface area (TPSA) is 108 Å². The smallest absolute Gasteiger partial charge is 0.328 e. The lowest BCUT2D eigenvalue weighted by Gasteiger charge is -2.28. The minimum absolute atomic E-state index is 0.0165. The highest BCUT2D eigenvalue weighted by Gasteiger charge is 2.30. The van der Waals surface area contributed by atoms with E-state index < -0.39 is 6.04 Å². The van der Waals surface area contributed by atoms with E-state index in [1.807, 2.05) is 66.5 Å². The largest absolute Gasteiger partial charge is 0.461 e. The minimum Gasteiger partial charge on any atom is -0.461 e. The number of hydrogen-bond acceptors (Lipinski definition) is 6. The van der Waals surface area contributed by atoms with Gasteiger partial charge in [-0.1, -0.05) is 55.3 Å². The lowest BCUT2D eigenvalue weighted by molar-refractivity contribution is -0.155. The highest BCUT2D eigenvalue weighted by Crippen LogP contribution is 2.27. The molecule has 0 aromatic heterocycles. The number of likely N-dealkylation sites (N-methyl/N-ethyl adjacent to an activating group) is 1. The molecule has 0 unspecified atom stereocenters. The Hall–Kier alpha value is -3.23. The standard InChI is InChI=1S/C29H39N3O5/c1-32(28(23-11-5-4-6-12-23)29(35)37-25-13-9-10-14-25)21-22-17-19-24(20-18-22)30-26(33)15-7-2-3-8-16-27(34)31-36/h4-6,11-12,17-20,25,28,36H,2-3,7-10,13-16,21H2,1H3,(H,30,33)(H,31,34)/t28-/m0/s1. The number of unbranched alkanes of at least 4 members (excludes halogenated alkanes) is 3. The molecule has 0 radical (unpaired) electrons. The minimum atomic E-state index is -0.487. The number of hydroxylamine groups is 1. The average molecular weight is 510 g/mol. The predicted molar refractivity (Wildman–Crippen MR) is 142 cm³/mol. The molecule has 200 valence electrons. The van der Waals surface area contributed by atoms with Crippen molar-refractivity contribution in [2.75, 3.05) is 12.4 Å². The van der Waals surface area contributed by atoms with E-state index in [1.54, 1.807) is 5.48 Å². The van der Waals surface area contributed by atoms with Crippen LogP contribution in [0.1, 0.15) is 81.4 Å². The lowest BCUT2D eigenvalue weighted by atomic mass is 10.0. The molecule has 1 aliphatic carbocycles. The molecule has 1 saturated carbocycles. The fourth-order valence-corrected chi connectivity index (χ4v) is 4.72. The van der Waals surface area contributed by atoms with Crippen molar-refractivity contribution in [1.29, 1.82) is 0 Å². The van der Waals surface area contributed by atoms with Gasteiger partial charge in [0.2, 0.25) is 11.8 Å². The summed E-state index contributed by atoms with van der Waals surface area (Å²) >= 11 is 0. The molecule has 0 aliphatic heterocycles. The second-order valence-corrected chi connectivity index (χ2v) is 9.77. The van der Waals surface area contributed by atoms with Crippen LogP contribution in [0.4, 0.5) is 5.69 Å². The monoisotopic (exact) mass is 509 g/mol. The van der Waals surface area contributed by atoms with E-state index in [0.29, 0.717) is 19.4 Å². The van der Waals surface area contributed by atoms with Crippen LogP contribution in [-0.4, -0.2) is 41.0 Å². The van der Waals surface area contributed by atoms with Gasteiger partial charge < -0.3 is 10.1 Å². The van der Waals surface area contributed by atoms with Crippen LogP contribution >= 0.6 is 0 Å². The van der Waals surface area contributed by atoms with Gasteiger partial charge in [-0.05, 0) is 68.8 Å². The third-order valence-corrected chi connectivity index (χ3v) is 6.72. The third kappa shape index (κ3) is 9.63. The maximum atomic E-state index is 13.2. The molecule has 1 aliphatic rings. The molecular formula is C29H39N3O5. The van der Waals surface area contributed by atoms with Gasteiger partial charge in [-0.2, -0.15) is 0 Å². The molecule has 1 atom stereocenters. The zero-order valence-corrected chi connectivity index (χ0v) is 21.7. The van der Waals surface area contributed by atoms with Crippen molar-refractivity contribution >= 4 is 23.5 Å². The quantitative estimate of drug-likeness (QED) is 0.141. The van der Waals surface area contributed by atoms with Crippen LogP contribution < -0.4 is 10.8 Å². The Bertz CT molecular complexity index is 990. The van der Waals surface area contributed by atoms with Gasteiger partial charge in [-0.15, -0.1) is 0 Å². The van der Waals surface area contributed by atoms with Gasteiger partial charge in [-0.3, -0.25) is 19.7 Å². The van der Waals surface area contributed by atoms with Crippen molar-refractivity contribution in [3.63, 3.8) is 0 Å². The number of nitrogens with one attached hydrogen (secondary N) is 2. The molecule has 2 aromatic rings. The van der Waals surface area contributed by atoms with Crippen LogP contribution in [0.2, 0.25) is 0 Å². The highest BCUT2D eigenvalue weighted by atomic mass is 16.5. The van der Waals surface area contributed by atoms with E-state index in [2.05, 4.69) is 5.32 Å². The maximum absolute atomic E-state index is 13.2. The molecule has 3 N–H and O–H groups in total. The summed E-state index contributed by atoms with van der Waals surface area (Å²) in [5.41, 5.74) is 4.29. The zero-order valence-electron chi connectivity index (χ0n) is 21.7. The Morgan fingerprint density at radius 3 is 2.16 bits per heavy atom. The van der Waals surface area contributed by atoms with Gasteiger partial charge in [0.25, 0.3) is 0 Å². The fraction of sp³-hybridized carbons (Fsp3) is 0.483. The Balaban J connectivity index is 1.48. The van der Waals surface area contributed by atoms with Crippen molar-refractivity contribution in [1.82, 2.24) is 10.4 Å².